The molecule has 0 amide bonds. The molecule has 12 aromatic rings. The van der Waals surface area contributed by atoms with Crippen molar-refractivity contribution in [1.29, 1.82) is 0 Å². The van der Waals surface area contributed by atoms with Crippen molar-refractivity contribution in [1.82, 2.24) is 4.57 Å². The number of rotatable bonds is 7. The van der Waals surface area contributed by atoms with Gasteiger partial charge in [-0.2, -0.15) is 0 Å². The minimum Gasteiger partial charge on any atom is -0.310 e. The molecule has 1 heterocycles. The Hall–Kier alpha value is -8.98. The highest BCUT2D eigenvalue weighted by molar-refractivity contribution is 6.26. The van der Waals surface area contributed by atoms with Gasteiger partial charge < -0.3 is 9.47 Å². The third kappa shape index (κ3) is 7.02. The van der Waals surface area contributed by atoms with E-state index in [0.717, 1.165) is 34.7 Å². The summed E-state index contributed by atoms with van der Waals surface area (Å²) in [6, 6.07) is 85.4. The molecule has 1 aliphatic carbocycles. The van der Waals surface area contributed by atoms with Gasteiger partial charge in [0, 0.05) is 34.1 Å². The molecule has 0 saturated carbocycles. The zero-order valence-electron chi connectivity index (χ0n) is 39.7. The van der Waals surface area contributed by atoms with E-state index >= 15 is 0 Å². The van der Waals surface area contributed by atoms with E-state index in [1.165, 1.54) is 104 Å². The summed E-state index contributed by atoms with van der Waals surface area (Å²) >= 11 is 0. The van der Waals surface area contributed by atoms with Gasteiger partial charge in [-0.1, -0.05) is 207 Å². The molecular formula is C69H50N2. The number of benzene rings is 11. The molecule has 0 fully saturated rings. The fraction of sp³-hybridized carbons (Fsp3) is 0.0435. The van der Waals surface area contributed by atoms with Gasteiger partial charge in [-0.3, -0.25) is 0 Å². The molecular weight excluding hydrogens is 857 g/mol. The molecule has 0 N–H and O–H groups in total. The van der Waals surface area contributed by atoms with Crippen LogP contribution in [0.5, 0.6) is 0 Å². The highest BCUT2D eigenvalue weighted by Gasteiger charge is 2.27. The van der Waals surface area contributed by atoms with Crippen molar-refractivity contribution in [3.63, 3.8) is 0 Å². The molecule has 1 aliphatic rings. The highest BCUT2D eigenvalue weighted by Crippen LogP contribution is 2.50. The second kappa shape index (κ2) is 17.5. The normalized spacial score (nSPS) is 13.7. The summed E-state index contributed by atoms with van der Waals surface area (Å²) in [5, 5.41) is 9.96. The van der Waals surface area contributed by atoms with Gasteiger partial charge >= 0.3 is 0 Å². The van der Waals surface area contributed by atoms with Crippen LogP contribution < -0.4 is 4.90 Å². The third-order valence-electron chi connectivity index (χ3n) is 14.9. The molecule has 0 saturated heterocycles. The molecule has 11 aromatic carbocycles. The van der Waals surface area contributed by atoms with Gasteiger partial charge in [-0.15, -0.1) is 0 Å². The van der Waals surface area contributed by atoms with Crippen molar-refractivity contribution < 1.29 is 0 Å². The molecule has 2 nitrogen and oxygen atoms in total. The van der Waals surface area contributed by atoms with Gasteiger partial charge in [-0.25, -0.2) is 0 Å². The number of aromatic nitrogens is 1. The minimum absolute atomic E-state index is 0.699. The average Bonchev–Trinajstić information content (AvgIpc) is 3.78. The Morgan fingerprint density at radius 1 is 0.423 bits per heavy atom. The van der Waals surface area contributed by atoms with Crippen molar-refractivity contribution >= 4 is 76.8 Å². The number of fused-ring (bicyclic) bond motifs is 13. The van der Waals surface area contributed by atoms with Gasteiger partial charge in [0.1, 0.15) is 0 Å². The van der Waals surface area contributed by atoms with E-state index in [4.69, 9.17) is 0 Å². The predicted octanol–water partition coefficient (Wildman–Crippen LogP) is 18.7. The standard InChI is InChI=1S/C69H50N2/c1-3-4-22-47-44-64-54(53-28-11-9-24-49(53)43-48-23-8-10-27-52(48)46(47)2)35-20-39-67(64)71(51-41-42-59-57-31-13-12-29-55(57)56-30-14-15-32-58(56)63(59)45-51)65-37-18-16-33-60(65)61-36-21-40-68-69(61)62-34-17-19-38-66(62)70(68)50-25-6-5-7-26-50/h3-42,45H,1,43-44H2,2H3/b22-4-,47-46-. The van der Waals surface area contributed by atoms with Crippen molar-refractivity contribution in [2.75, 3.05) is 4.90 Å². The zero-order valence-corrected chi connectivity index (χ0v) is 39.7. The molecule has 0 bridgehead atoms. The van der Waals surface area contributed by atoms with Crippen LogP contribution in [-0.2, 0) is 12.8 Å². The lowest BCUT2D eigenvalue weighted by Gasteiger charge is -2.32. The first-order valence-corrected chi connectivity index (χ1v) is 24.7. The number of anilines is 3. The molecule has 2 heteroatoms. The van der Waals surface area contributed by atoms with Crippen LogP contribution in [0.15, 0.2) is 261 Å². The maximum Gasteiger partial charge on any atom is 0.0547 e. The highest BCUT2D eigenvalue weighted by atomic mass is 15.1. The summed E-state index contributed by atoms with van der Waals surface area (Å²) in [5.74, 6) is 0. The van der Waals surface area contributed by atoms with Crippen LogP contribution in [-0.4, -0.2) is 4.57 Å². The van der Waals surface area contributed by atoms with Crippen LogP contribution in [0.25, 0.3) is 87.6 Å². The maximum absolute atomic E-state index is 4.13. The Bertz CT molecular complexity index is 4110. The van der Waals surface area contributed by atoms with Crippen LogP contribution in [0.1, 0.15) is 29.2 Å². The molecule has 1 aromatic heterocycles. The lowest BCUT2D eigenvalue weighted by atomic mass is 9.83. The number of para-hydroxylation sites is 3. The molecule has 0 radical (unpaired) electrons. The topological polar surface area (TPSA) is 8.17 Å². The summed E-state index contributed by atoms with van der Waals surface area (Å²) in [4.78, 5) is 2.57. The molecule has 71 heavy (non-hydrogen) atoms. The quantitative estimate of drug-likeness (QED) is 0.114. The summed E-state index contributed by atoms with van der Waals surface area (Å²) in [7, 11) is 0. The van der Waals surface area contributed by atoms with Crippen LogP contribution >= 0.6 is 0 Å². The van der Waals surface area contributed by atoms with E-state index in [1.807, 2.05) is 6.08 Å². The molecule has 13 rings (SSSR count). The number of hydrogen-bond acceptors (Lipinski definition) is 1. The minimum atomic E-state index is 0.699. The van der Waals surface area contributed by atoms with E-state index in [2.05, 4.69) is 266 Å². The molecule has 336 valence electrons. The second-order valence-electron chi connectivity index (χ2n) is 18.8. The molecule has 0 unspecified atom stereocenters. The van der Waals surface area contributed by atoms with Crippen LogP contribution in [0, 0.1) is 0 Å². The third-order valence-corrected chi connectivity index (χ3v) is 14.9. The first-order valence-electron chi connectivity index (χ1n) is 24.7. The number of nitrogens with zero attached hydrogens (tertiary/aromatic N) is 2. The van der Waals surface area contributed by atoms with E-state index in [1.54, 1.807) is 0 Å². The molecule has 0 atom stereocenters. The predicted molar refractivity (Wildman–Crippen MR) is 304 cm³/mol. The first kappa shape index (κ1) is 42.1. The van der Waals surface area contributed by atoms with Crippen molar-refractivity contribution in [2.45, 2.75) is 19.8 Å². The number of hydrogen-bond donors (Lipinski definition) is 0. The Morgan fingerprint density at radius 3 is 1.70 bits per heavy atom. The van der Waals surface area contributed by atoms with Crippen LogP contribution in [0.4, 0.5) is 17.1 Å². The van der Waals surface area contributed by atoms with Crippen LogP contribution in [0.2, 0.25) is 0 Å². The van der Waals surface area contributed by atoms with Gasteiger partial charge in [0.15, 0.2) is 0 Å². The van der Waals surface area contributed by atoms with E-state index in [-0.39, 0.29) is 0 Å². The Morgan fingerprint density at radius 2 is 0.958 bits per heavy atom. The Kier molecular flexibility index (Phi) is 10.4. The van der Waals surface area contributed by atoms with Crippen molar-refractivity contribution in [2.24, 2.45) is 0 Å². The monoisotopic (exact) mass is 906 g/mol. The van der Waals surface area contributed by atoms with Gasteiger partial charge in [-0.05, 0) is 144 Å². The molecule has 0 aliphatic heterocycles. The summed E-state index contributed by atoms with van der Waals surface area (Å²) < 4.78 is 2.42. The SMILES string of the molecule is C=C/C=C\C1=C(/C)c2ccccc2Cc2ccccc2-c2cccc(N(c3ccc4c5ccccc5c5ccccc5c4c3)c3ccccc3-c3cccc4c3c3ccccc3n4-c3ccccc3)c2C1. The summed E-state index contributed by atoms with van der Waals surface area (Å²) in [6.07, 6.45) is 7.80. The summed E-state index contributed by atoms with van der Waals surface area (Å²) in [6.45, 7) is 6.43. The van der Waals surface area contributed by atoms with Gasteiger partial charge in [0.2, 0.25) is 0 Å². The smallest absolute Gasteiger partial charge is 0.0547 e. The van der Waals surface area contributed by atoms with Gasteiger partial charge in [0.05, 0.1) is 22.4 Å². The van der Waals surface area contributed by atoms with Crippen molar-refractivity contribution in [3.8, 4) is 27.9 Å². The maximum atomic E-state index is 4.13. The lowest BCUT2D eigenvalue weighted by molar-refractivity contribution is 1.12. The molecule has 0 spiro atoms. The Labute approximate surface area is 415 Å². The fourth-order valence-corrected chi connectivity index (χ4v) is 11.7. The Balaban J connectivity index is 1.14. The summed E-state index contributed by atoms with van der Waals surface area (Å²) in [5.41, 5.74) is 19.4. The van der Waals surface area contributed by atoms with E-state index in [0.29, 0.717) is 6.42 Å². The fourth-order valence-electron chi connectivity index (χ4n) is 11.7. The second-order valence-corrected chi connectivity index (χ2v) is 18.8. The average molecular weight is 907 g/mol. The van der Waals surface area contributed by atoms with E-state index in [9.17, 15) is 0 Å². The van der Waals surface area contributed by atoms with Crippen molar-refractivity contribution in [3.05, 3.63) is 283 Å². The van der Waals surface area contributed by atoms with Crippen LogP contribution in [0.3, 0.4) is 0 Å². The van der Waals surface area contributed by atoms with Gasteiger partial charge in [0.25, 0.3) is 0 Å². The lowest BCUT2D eigenvalue weighted by Crippen LogP contribution is -2.15. The number of allylic oxidation sites excluding steroid dienone is 5. The van der Waals surface area contributed by atoms with E-state index < -0.39 is 0 Å². The first-order chi connectivity index (χ1) is 35.1. The largest absolute Gasteiger partial charge is 0.310 e. The zero-order chi connectivity index (χ0) is 47.4.